The lowest BCUT2D eigenvalue weighted by Crippen LogP contribution is -2.36. The minimum Gasteiger partial charge on any atom is -0.494 e. The van der Waals surface area contributed by atoms with Gasteiger partial charge in [-0.25, -0.2) is 0 Å². The van der Waals surface area contributed by atoms with Crippen LogP contribution in [-0.2, 0) is 4.74 Å². The van der Waals surface area contributed by atoms with Gasteiger partial charge >= 0.3 is 0 Å². The molecule has 0 radical (unpaired) electrons. The molecule has 1 aromatic rings. The molecule has 5 heteroatoms. The first-order valence-corrected chi connectivity index (χ1v) is 6.58. The lowest BCUT2D eigenvalue weighted by Gasteiger charge is -2.30. The van der Waals surface area contributed by atoms with Crippen LogP contribution in [0.1, 0.15) is 0 Å². The predicted molar refractivity (Wildman–Crippen MR) is 75.6 cm³/mol. The zero-order valence-electron chi connectivity index (χ0n) is 11.1. The Hall–Kier alpha value is -1.88. The van der Waals surface area contributed by atoms with Crippen molar-refractivity contribution in [2.75, 3.05) is 49.9 Å². The summed E-state index contributed by atoms with van der Waals surface area (Å²) >= 11 is 0. The average Bonchev–Trinajstić information content (AvgIpc) is 3.01. The van der Waals surface area contributed by atoms with Crippen LogP contribution in [0.3, 0.4) is 0 Å². The first kappa shape index (κ1) is 12.2. The van der Waals surface area contributed by atoms with E-state index < -0.39 is 0 Å². The van der Waals surface area contributed by atoms with Crippen LogP contribution < -0.4 is 20.1 Å². The van der Waals surface area contributed by atoms with E-state index >= 15 is 0 Å². The number of nitrogens with zero attached hydrogens (tertiary/aromatic N) is 2. The highest BCUT2D eigenvalue weighted by Gasteiger charge is 2.16. The van der Waals surface area contributed by atoms with E-state index in [9.17, 15) is 0 Å². The molecule has 1 fully saturated rings. The van der Waals surface area contributed by atoms with Crippen LogP contribution >= 0.6 is 0 Å². The minimum absolute atomic E-state index is 0.793. The molecule has 2 heterocycles. The fraction of sp³-hybridized carbons (Fsp3) is 0.429. The Morgan fingerprint density at radius 1 is 1.26 bits per heavy atom. The fourth-order valence-corrected chi connectivity index (χ4v) is 2.43. The highest BCUT2D eigenvalue weighted by molar-refractivity contribution is 5.66. The van der Waals surface area contributed by atoms with E-state index in [0.717, 1.165) is 44.3 Å². The number of ether oxygens (including phenoxy) is 2. The molecule has 0 bridgehead atoms. The third-order valence-corrected chi connectivity index (χ3v) is 3.47. The number of morpholine rings is 1. The lowest BCUT2D eigenvalue weighted by molar-refractivity contribution is 0.122. The van der Waals surface area contributed by atoms with E-state index in [2.05, 4.69) is 39.6 Å². The molecule has 0 spiro atoms. The van der Waals surface area contributed by atoms with Gasteiger partial charge in [0.05, 0.1) is 32.6 Å². The van der Waals surface area contributed by atoms with Crippen LogP contribution in [0.4, 0.5) is 11.4 Å². The minimum atomic E-state index is 0.793. The molecule has 2 aliphatic rings. The number of hydrogen-bond donors (Lipinski definition) is 1. The Morgan fingerprint density at radius 2 is 2.11 bits per heavy atom. The van der Waals surface area contributed by atoms with Gasteiger partial charge in [-0.05, 0) is 18.2 Å². The van der Waals surface area contributed by atoms with Crippen molar-refractivity contribution in [3.05, 3.63) is 30.5 Å². The van der Waals surface area contributed by atoms with Gasteiger partial charge in [0.15, 0.2) is 0 Å². The van der Waals surface area contributed by atoms with Crippen molar-refractivity contribution in [2.24, 2.45) is 0 Å². The molecule has 2 aliphatic heterocycles. The highest BCUT2D eigenvalue weighted by Crippen LogP contribution is 2.32. The van der Waals surface area contributed by atoms with Gasteiger partial charge in [0.25, 0.3) is 0 Å². The van der Waals surface area contributed by atoms with Gasteiger partial charge in [0.2, 0.25) is 0 Å². The number of nitrogens with one attached hydrogen (secondary N) is 1. The molecule has 1 aromatic carbocycles. The van der Waals surface area contributed by atoms with E-state index in [0.29, 0.717) is 0 Å². The second kappa shape index (κ2) is 5.40. The third kappa shape index (κ3) is 2.46. The Labute approximate surface area is 113 Å². The smallest absolute Gasteiger partial charge is 0.146 e. The highest BCUT2D eigenvalue weighted by atomic mass is 16.5. The van der Waals surface area contributed by atoms with Gasteiger partial charge in [-0.3, -0.25) is 5.01 Å². The van der Waals surface area contributed by atoms with Crippen molar-refractivity contribution >= 4 is 11.4 Å². The van der Waals surface area contributed by atoms with E-state index in [1.807, 2.05) is 6.20 Å². The molecule has 0 saturated carbocycles. The summed E-state index contributed by atoms with van der Waals surface area (Å²) in [7, 11) is 1.71. The number of rotatable bonds is 3. The van der Waals surface area contributed by atoms with Crippen LogP contribution in [-0.4, -0.2) is 40.0 Å². The molecule has 0 aromatic heterocycles. The second-order valence-electron chi connectivity index (χ2n) is 4.60. The van der Waals surface area contributed by atoms with Gasteiger partial charge in [0, 0.05) is 31.0 Å². The van der Waals surface area contributed by atoms with Gasteiger partial charge in [-0.1, -0.05) is 0 Å². The van der Waals surface area contributed by atoms with E-state index in [1.54, 1.807) is 7.11 Å². The van der Waals surface area contributed by atoms with Crippen LogP contribution in [0.5, 0.6) is 5.75 Å². The lowest BCUT2D eigenvalue weighted by atomic mass is 10.2. The van der Waals surface area contributed by atoms with Crippen molar-refractivity contribution in [3.63, 3.8) is 0 Å². The molecular formula is C14H19N3O2. The van der Waals surface area contributed by atoms with Crippen molar-refractivity contribution in [2.45, 2.75) is 0 Å². The standard InChI is InChI=1S/C14H19N3O2/c1-18-14-11-12(16-7-9-19-10-8-16)3-4-13(14)17-6-2-5-15-17/h2-5,11,15H,6-10H2,1H3. The van der Waals surface area contributed by atoms with Crippen molar-refractivity contribution in [3.8, 4) is 5.75 Å². The third-order valence-electron chi connectivity index (χ3n) is 3.47. The first-order chi connectivity index (χ1) is 9.38. The summed E-state index contributed by atoms with van der Waals surface area (Å²) in [5, 5.41) is 2.06. The number of benzene rings is 1. The van der Waals surface area contributed by atoms with Gasteiger partial charge in [-0.2, -0.15) is 0 Å². The van der Waals surface area contributed by atoms with Crippen LogP contribution in [0.2, 0.25) is 0 Å². The summed E-state index contributed by atoms with van der Waals surface area (Å²) in [6.07, 6.45) is 4.02. The largest absolute Gasteiger partial charge is 0.494 e. The summed E-state index contributed by atoms with van der Waals surface area (Å²) in [5.41, 5.74) is 5.44. The van der Waals surface area contributed by atoms with Crippen molar-refractivity contribution in [1.29, 1.82) is 0 Å². The summed E-state index contributed by atoms with van der Waals surface area (Å²) in [5.74, 6) is 0.889. The summed E-state index contributed by atoms with van der Waals surface area (Å²) in [6.45, 7) is 4.31. The Bertz CT molecular complexity index is 462. The first-order valence-electron chi connectivity index (χ1n) is 6.58. The molecule has 1 N–H and O–H groups in total. The fourth-order valence-electron chi connectivity index (χ4n) is 2.43. The SMILES string of the molecule is COc1cc(N2CCOCC2)ccc1N1CC=CN1. The summed E-state index contributed by atoms with van der Waals surface area (Å²) < 4.78 is 10.9. The zero-order chi connectivity index (χ0) is 13.1. The molecule has 0 unspecified atom stereocenters. The molecule has 3 rings (SSSR count). The molecule has 0 aliphatic carbocycles. The Morgan fingerprint density at radius 3 is 2.79 bits per heavy atom. The average molecular weight is 261 g/mol. The molecule has 19 heavy (non-hydrogen) atoms. The van der Waals surface area contributed by atoms with Gasteiger partial charge in [-0.15, -0.1) is 0 Å². The molecule has 102 valence electrons. The number of hydrazine groups is 1. The maximum Gasteiger partial charge on any atom is 0.146 e. The van der Waals surface area contributed by atoms with Crippen molar-refractivity contribution in [1.82, 2.24) is 5.43 Å². The van der Waals surface area contributed by atoms with Crippen LogP contribution in [0, 0.1) is 0 Å². The second-order valence-corrected chi connectivity index (χ2v) is 4.60. The van der Waals surface area contributed by atoms with Gasteiger partial charge < -0.3 is 19.8 Å². The topological polar surface area (TPSA) is 37.0 Å². The van der Waals surface area contributed by atoms with Crippen LogP contribution in [0.25, 0.3) is 0 Å². The summed E-state index contributed by atoms with van der Waals surface area (Å²) in [6, 6.07) is 6.34. The van der Waals surface area contributed by atoms with Crippen LogP contribution in [0.15, 0.2) is 30.5 Å². The number of hydrogen-bond acceptors (Lipinski definition) is 5. The molecule has 0 amide bonds. The van der Waals surface area contributed by atoms with Crippen molar-refractivity contribution < 1.29 is 9.47 Å². The normalized spacial score (nSPS) is 18.6. The molecule has 5 nitrogen and oxygen atoms in total. The molecular weight excluding hydrogens is 242 g/mol. The maximum atomic E-state index is 5.52. The maximum absolute atomic E-state index is 5.52. The summed E-state index contributed by atoms with van der Waals surface area (Å²) in [4.78, 5) is 2.32. The van der Waals surface area contributed by atoms with E-state index in [1.165, 1.54) is 5.69 Å². The Kier molecular flexibility index (Phi) is 3.46. The number of anilines is 2. The van der Waals surface area contributed by atoms with E-state index in [4.69, 9.17) is 9.47 Å². The van der Waals surface area contributed by atoms with E-state index in [-0.39, 0.29) is 0 Å². The zero-order valence-corrected chi connectivity index (χ0v) is 11.1. The molecule has 1 saturated heterocycles. The predicted octanol–water partition coefficient (Wildman–Crippen LogP) is 1.37. The van der Waals surface area contributed by atoms with Gasteiger partial charge in [0.1, 0.15) is 5.75 Å². The quantitative estimate of drug-likeness (QED) is 0.889. The monoisotopic (exact) mass is 261 g/mol. The number of methoxy groups -OCH3 is 1. The molecule has 0 atom stereocenters. The Balaban J connectivity index is 1.83.